The van der Waals surface area contributed by atoms with Gasteiger partial charge in [0.25, 0.3) is 0 Å². The minimum absolute atomic E-state index is 0.0410. The van der Waals surface area contributed by atoms with Gasteiger partial charge in [0.1, 0.15) is 0 Å². The van der Waals surface area contributed by atoms with Gasteiger partial charge >= 0.3 is 0 Å². The molecule has 0 saturated carbocycles. The highest BCUT2D eigenvalue weighted by atomic mass is 16.1. The number of benzene rings is 1. The second-order valence-corrected chi connectivity index (χ2v) is 4.90. The lowest BCUT2D eigenvalue weighted by Crippen LogP contribution is -2.24. The molecular weight excluding hydrogens is 240 g/mol. The number of carbonyl (C=O) groups excluding carboxylic acids is 1. The molecule has 2 aromatic rings. The van der Waals surface area contributed by atoms with Gasteiger partial charge in [0.05, 0.1) is 17.4 Å². The first-order chi connectivity index (χ1) is 9.16. The fourth-order valence-corrected chi connectivity index (χ4v) is 1.93. The number of rotatable bonds is 6. The van der Waals surface area contributed by atoms with E-state index in [1.807, 2.05) is 18.2 Å². The first-order valence-electron chi connectivity index (χ1n) is 6.62. The van der Waals surface area contributed by atoms with E-state index < -0.39 is 0 Å². The number of amides is 1. The molecule has 0 bridgehead atoms. The summed E-state index contributed by atoms with van der Waals surface area (Å²) in [5.41, 5.74) is 1.74. The van der Waals surface area contributed by atoms with Crippen molar-refractivity contribution in [2.75, 3.05) is 11.9 Å². The summed E-state index contributed by atoms with van der Waals surface area (Å²) in [4.78, 5) is 11.9. The van der Waals surface area contributed by atoms with Gasteiger partial charge in [0, 0.05) is 17.8 Å². The Labute approximate surface area is 112 Å². The summed E-state index contributed by atoms with van der Waals surface area (Å²) in [5, 5.41) is 14.0. The van der Waals surface area contributed by atoms with E-state index in [0.717, 1.165) is 29.6 Å². The van der Waals surface area contributed by atoms with E-state index in [9.17, 15) is 4.79 Å². The first-order valence-corrected chi connectivity index (χ1v) is 6.62. The van der Waals surface area contributed by atoms with Gasteiger partial charge in [-0.2, -0.15) is 5.10 Å². The fourth-order valence-electron chi connectivity index (χ4n) is 1.93. The topological polar surface area (TPSA) is 69.8 Å². The van der Waals surface area contributed by atoms with Crippen molar-refractivity contribution in [1.82, 2.24) is 15.5 Å². The number of H-pyrrole nitrogens is 1. The molecule has 1 aromatic heterocycles. The molecule has 1 amide bonds. The van der Waals surface area contributed by atoms with Gasteiger partial charge < -0.3 is 10.6 Å². The lowest BCUT2D eigenvalue weighted by molar-refractivity contribution is -0.116. The summed E-state index contributed by atoms with van der Waals surface area (Å²) < 4.78 is 0. The van der Waals surface area contributed by atoms with Crippen molar-refractivity contribution in [1.29, 1.82) is 0 Å². The number of aromatic nitrogens is 2. The van der Waals surface area contributed by atoms with Crippen LogP contribution < -0.4 is 10.6 Å². The number of fused-ring (bicyclic) bond motifs is 1. The van der Waals surface area contributed by atoms with Crippen LogP contribution in [0.4, 0.5) is 5.69 Å². The van der Waals surface area contributed by atoms with E-state index in [1.54, 1.807) is 6.20 Å². The zero-order chi connectivity index (χ0) is 13.7. The van der Waals surface area contributed by atoms with Crippen molar-refractivity contribution < 1.29 is 4.79 Å². The molecule has 0 saturated heterocycles. The van der Waals surface area contributed by atoms with Crippen LogP contribution in [0.2, 0.25) is 0 Å². The number of hydrogen-bond acceptors (Lipinski definition) is 3. The largest absolute Gasteiger partial charge is 0.325 e. The third kappa shape index (κ3) is 3.79. The van der Waals surface area contributed by atoms with Gasteiger partial charge in [-0.3, -0.25) is 9.89 Å². The fraction of sp³-hybridized carbons (Fsp3) is 0.429. The SMILES string of the molecule is CC(C)NCCCC(=O)Nc1cccc2[nH]ncc12. The maximum atomic E-state index is 11.9. The van der Waals surface area contributed by atoms with E-state index in [4.69, 9.17) is 0 Å². The van der Waals surface area contributed by atoms with E-state index in [-0.39, 0.29) is 5.91 Å². The second-order valence-electron chi connectivity index (χ2n) is 4.90. The van der Waals surface area contributed by atoms with Gasteiger partial charge in [-0.25, -0.2) is 0 Å². The lowest BCUT2D eigenvalue weighted by Gasteiger charge is -2.08. The average molecular weight is 260 g/mol. The Morgan fingerprint density at radius 2 is 2.26 bits per heavy atom. The Morgan fingerprint density at radius 3 is 3.05 bits per heavy atom. The monoisotopic (exact) mass is 260 g/mol. The van der Waals surface area contributed by atoms with E-state index >= 15 is 0 Å². The van der Waals surface area contributed by atoms with Crippen LogP contribution >= 0.6 is 0 Å². The van der Waals surface area contributed by atoms with E-state index in [0.29, 0.717) is 12.5 Å². The lowest BCUT2D eigenvalue weighted by atomic mass is 10.2. The Bertz CT molecular complexity index is 547. The van der Waals surface area contributed by atoms with Crippen molar-refractivity contribution in [2.24, 2.45) is 0 Å². The zero-order valence-electron chi connectivity index (χ0n) is 11.4. The number of nitrogens with zero attached hydrogens (tertiary/aromatic N) is 1. The van der Waals surface area contributed by atoms with Crippen molar-refractivity contribution in [3.8, 4) is 0 Å². The molecule has 5 heteroatoms. The second kappa shape index (κ2) is 6.33. The van der Waals surface area contributed by atoms with Crippen molar-refractivity contribution in [3.63, 3.8) is 0 Å². The third-order valence-corrected chi connectivity index (χ3v) is 2.89. The molecule has 0 atom stereocenters. The predicted octanol–water partition coefficient (Wildman–Crippen LogP) is 2.28. The summed E-state index contributed by atoms with van der Waals surface area (Å²) in [6.45, 7) is 5.06. The first kappa shape index (κ1) is 13.5. The molecule has 1 heterocycles. The average Bonchev–Trinajstić information content (AvgIpc) is 2.84. The highest BCUT2D eigenvalue weighted by molar-refractivity contribution is 6.00. The molecule has 0 aliphatic carbocycles. The van der Waals surface area contributed by atoms with Crippen LogP contribution in [0.5, 0.6) is 0 Å². The van der Waals surface area contributed by atoms with Crippen LogP contribution in [0.25, 0.3) is 10.9 Å². The molecule has 0 unspecified atom stereocenters. The molecule has 0 spiro atoms. The zero-order valence-corrected chi connectivity index (χ0v) is 11.4. The maximum absolute atomic E-state index is 11.9. The molecule has 5 nitrogen and oxygen atoms in total. The molecule has 3 N–H and O–H groups in total. The Morgan fingerprint density at radius 1 is 1.42 bits per heavy atom. The van der Waals surface area contributed by atoms with Gasteiger partial charge in [-0.1, -0.05) is 19.9 Å². The van der Waals surface area contributed by atoms with Crippen molar-refractivity contribution in [2.45, 2.75) is 32.7 Å². The Hall–Kier alpha value is -1.88. The molecule has 0 radical (unpaired) electrons. The Balaban J connectivity index is 1.87. The van der Waals surface area contributed by atoms with Crippen LogP contribution in [0, 0.1) is 0 Å². The standard InChI is InChI=1S/C14H20N4O/c1-10(2)15-8-4-7-14(19)17-12-5-3-6-13-11(12)9-16-18-13/h3,5-6,9-10,15H,4,7-8H2,1-2H3,(H,16,18)(H,17,19). The number of aromatic amines is 1. The van der Waals surface area contributed by atoms with E-state index in [1.165, 1.54) is 0 Å². The number of nitrogens with one attached hydrogen (secondary N) is 3. The predicted molar refractivity (Wildman–Crippen MR) is 77.1 cm³/mol. The molecule has 2 rings (SSSR count). The summed E-state index contributed by atoms with van der Waals surface area (Å²) in [5.74, 6) is 0.0410. The minimum atomic E-state index is 0.0410. The molecule has 0 aliphatic heterocycles. The van der Waals surface area contributed by atoms with Crippen LogP contribution in [-0.4, -0.2) is 28.7 Å². The third-order valence-electron chi connectivity index (χ3n) is 2.89. The summed E-state index contributed by atoms with van der Waals surface area (Å²) >= 11 is 0. The molecule has 102 valence electrons. The highest BCUT2D eigenvalue weighted by Crippen LogP contribution is 2.21. The van der Waals surface area contributed by atoms with Crippen LogP contribution in [0.15, 0.2) is 24.4 Å². The van der Waals surface area contributed by atoms with Crippen LogP contribution in [-0.2, 0) is 4.79 Å². The van der Waals surface area contributed by atoms with Crippen molar-refractivity contribution >= 4 is 22.5 Å². The van der Waals surface area contributed by atoms with E-state index in [2.05, 4.69) is 34.7 Å². The Kier molecular flexibility index (Phi) is 4.52. The van der Waals surface area contributed by atoms with Gasteiger partial charge in [-0.05, 0) is 25.1 Å². The molecule has 0 fully saturated rings. The minimum Gasteiger partial charge on any atom is -0.325 e. The molecule has 1 aromatic carbocycles. The summed E-state index contributed by atoms with van der Waals surface area (Å²) in [7, 11) is 0. The van der Waals surface area contributed by atoms with Gasteiger partial charge in [-0.15, -0.1) is 0 Å². The quantitative estimate of drug-likeness (QED) is 0.698. The summed E-state index contributed by atoms with van der Waals surface area (Å²) in [6, 6.07) is 6.19. The molecule has 0 aliphatic rings. The molecular formula is C14H20N4O. The van der Waals surface area contributed by atoms with Crippen LogP contribution in [0.1, 0.15) is 26.7 Å². The maximum Gasteiger partial charge on any atom is 0.224 e. The van der Waals surface area contributed by atoms with Crippen molar-refractivity contribution in [3.05, 3.63) is 24.4 Å². The molecule has 19 heavy (non-hydrogen) atoms. The van der Waals surface area contributed by atoms with Crippen LogP contribution in [0.3, 0.4) is 0 Å². The number of anilines is 1. The van der Waals surface area contributed by atoms with Gasteiger partial charge in [0.2, 0.25) is 5.91 Å². The normalized spacial score (nSPS) is 11.1. The number of hydrogen-bond donors (Lipinski definition) is 3. The van der Waals surface area contributed by atoms with Gasteiger partial charge in [0.15, 0.2) is 0 Å². The highest BCUT2D eigenvalue weighted by Gasteiger charge is 2.06. The summed E-state index contributed by atoms with van der Waals surface area (Å²) in [6.07, 6.45) is 3.09. The smallest absolute Gasteiger partial charge is 0.224 e. The number of carbonyl (C=O) groups is 1.